The van der Waals surface area contributed by atoms with E-state index in [-0.39, 0.29) is 13.2 Å². The highest BCUT2D eigenvalue weighted by atomic mass is 16.5. The molecule has 1 unspecified atom stereocenters. The molecule has 2 aromatic heterocycles. The molecular weight excluding hydrogens is 346 g/mol. The first kappa shape index (κ1) is 18.9. The van der Waals surface area contributed by atoms with Gasteiger partial charge in [0.1, 0.15) is 24.2 Å². The number of nitrogens with one attached hydrogen (secondary N) is 1. The number of aromatic nitrogens is 2. The van der Waals surface area contributed by atoms with Crippen molar-refractivity contribution < 1.29 is 19.7 Å². The number of hydrogen-bond donors (Lipinski definition) is 3. The van der Waals surface area contributed by atoms with Gasteiger partial charge in [0.05, 0.1) is 24.6 Å². The van der Waals surface area contributed by atoms with Gasteiger partial charge in [-0.1, -0.05) is 0 Å². The minimum atomic E-state index is -0.888. The average molecular weight is 369 g/mol. The van der Waals surface area contributed by atoms with Crippen LogP contribution >= 0.6 is 0 Å². The molecular formula is C20H23N3O4. The van der Waals surface area contributed by atoms with Gasteiger partial charge in [0.2, 0.25) is 0 Å². The largest absolute Gasteiger partial charge is 0.492 e. The first-order valence-corrected chi connectivity index (χ1v) is 8.78. The van der Waals surface area contributed by atoms with Gasteiger partial charge in [-0.05, 0) is 50.2 Å². The van der Waals surface area contributed by atoms with Crippen LogP contribution < -0.4 is 14.8 Å². The minimum Gasteiger partial charge on any atom is -0.492 e. The number of benzene rings is 1. The second-order valence-corrected chi connectivity index (χ2v) is 6.03. The van der Waals surface area contributed by atoms with Crippen molar-refractivity contribution in [3.63, 3.8) is 0 Å². The fourth-order valence-corrected chi connectivity index (χ4v) is 2.59. The van der Waals surface area contributed by atoms with Gasteiger partial charge in [-0.15, -0.1) is 0 Å². The number of aliphatic hydroxyl groups excluding tert-OH is 2. The summed E-state index contributed by atoms with van der Waals surface area (Å²) in [6.07, 6.45) is 0.826. The molecule has 7 heteroatoms. The lowest BCUT2D eigenvalue weighted by Gasteiger charge is -2.13. The standard InChI is InChI=1S/C20H23N3O4/c1-3-26-19-10-17-18(8-9-21-20(17)22-13(19)2)23-14-4-6-16(7-5-14)27-12-15(25)11-24/h4-10,15,24-25H,3,11-12H2,1-2H3,(H,21,22,23). The van der Waals surface area contributed by atoms with Gasteiger partial charge < -0.3 is 25.0 Å². The van der Waals surface area contributed by atoms with Crippen LogP contribution in [0.5, 0.6) is 11.5 Å². The highest BCUT2D eigenvalue weighted by Crippen LogP contribution is 2.29. The Kier molecular flexibility index (Phi) is 6.05. The Morgan fingerprint density at radius 1 is 1.15 bits per heavy atom. The van der Waals surface area contributed by atoms with Crippen molar-refractivity contribution in [3.05, 3.63) is 48.3 Å². The van der Waals surface area contributed by atoms with E-state index in [4.69, 9.17) is 14.6 Å². The summed E-state index contributed by atoms with van der Waals surface area (Å²) < 4.78 is 11.1. The average Bonchev–Trinajstić information content (AvgIpc) is 2.68. The van der Waals surface area contributed by atoms with Crippen molar-refractivity contribution in [2.24, 2.45) is 0 Å². The van der Waals surface area contributed by atoms with Gasteiger partial charge in [0, 0.05) is 17.3 Å². The first-order chi connectivity index (χ1) is 13.1. The third-order valence-electron chi connectivity index (χ3n) is 3.96. The van der Waals surface area contributed by atoms with Gasteiger partial charge in [-0.3, -0.25) is 0 Å². The lowest BCUT2D eigenvalue weighted by Crippen LogP contribution is -2.21. The first-order valence-electron chi connectivity index (χ1n) is 8.78. The molecule has 0 amide bonds. The Hall–Kier alpha value is -2.90. The Morgan fingerprint density at radius 3 is 2.63 bits per heavy atom. The van der Waals surface area contributed by atoms with Crippen molar-refractivity contribution in [2.75, 3.05) is 25.1 Å². The summed E-state index contributed by atoms with van der Waals surface area (Å²) in [4.78, 5) is 8.86. The lowest BCUT2D eigenvalue weighted by molar-refractivity contribution is 0.0536. The molecule has 0 spiro atoms. The quantitative estimate of drug-likeness (QED) is 0.562. The Morgan fingerprint density at radius 2 is 1.93 bits per heavy atom. The zero-order chi connectivity index (χ0) is 19.2. The van der Waals surface area contributed by atoms with Crippen LogP contribution in [-0.2, 0) is 0 Å². The molecule has 0 saturated carbocycles. The fraction of sp³-hybridized carbons (Fsp3) is 0.300. The Bertz CT molecular complexity index is 900. The van der Waals surface area contributed by atoms with Gasteiger partial charge in [-0.2, -0.15) is 0 Å². The van der Waals surface area contributed by atoms with Crippen LogP contribution in [0.2, 0.25) is 0 Å². The van der Waals surface area contributed by atoms with Crippen LogP contribution in [0.15, 0.2) is 42.6 Å². The molecule has 0 radical (unpaired) electrons. The number of aliphatic hydroxyl groups is 2. The lowest BCUT2D eigenvalue weighted by atomic mass is 10.2. The van der Waals surface area contributed by atoms with Crippen LogP contribution in [0.25, 0.3) is 11.0 Å². The molecule has 27 heavy (non-hydrogen) atoms. The van der Waals surface area contributed by atoms with E-state index in [9.17, 15) is 5.11 Å². The van der Waals surface area contributed by atoms with E-state index in [0.717, 1.165) is 28.2 Å². The summed E-state index contributed by atoms with van der Waals surface area (Å²) in [5.41, 5.74) is 3.20. The van der Waals surface area contributed by atoms with Gasteiger partial charge >= 0.3 is 0 Å². The van der Waals surface area contributed by atoms with Gasteiger partial charge in [-0.25, -0.2) is 9.97 Å². The van der Waals surface area contributed by atoms with Crippen molar-refractivity contribution in [1.82, 2.24) is 9.97 Å². The molecule has 0 fully saturated rings. The molecule has 142 valence electrons. The molecule has 7 nitrogen and oxygen atoms in total. The molecule has 0 saturated heterocycles. The monoisotopic (exact) mass is 369 g/mol. The number of fused-ring (bicyclic) bond motifs is 1. The van der Waals surface area contributed by atoms with Crippen LogP contribution in [0.4, 0.5) is 11.4 Å². The smallest absolute Gasteiger partial charge is 0.161 e. The van der Waals surface area contributed by atoms with Gasteiger partial charge in [0.15, 0.2) is 5.65 Å². The van der Waals surface area contributed by atoms with Crippen LogP contribution in [0.3, 0.4) is 0 Å². The third kappa shape index (κ3) is 4.64. The second kappa shape index (κ2) is 8.66. The van der Waals surface area contributed by atoms with Crippen LogP contribution in [0.1, 0.15) is 12.6 Å². The van der Waals surface area contributed by atoms with Crippen LogP contribution in [0, 0.1) is 6.92 Å². The van der Waals surface area contributed by atoms with Crippen molar-refractivity contribution >= 4 is 22.4 Å². The Labute approximate surface area is 157 Å². The van der Waals surface area contributed by atoms with E-state index in [0.29, 0.717) is 18.0 Å². The topological polar surface area (TPSA) is 96.7 Å². The molecule has 3 N–H and O–H groups in total. The second-order valence-electron chi connectivity index (χ2n) is 6.03. The number of rotatable bonds is 8. The summed E-state index contributed by atoms with van der Waals surface area (Å²) >= 11 is 0. The van der Waals surface area contributed by atoms with E-state index < -0.39 is 6.10 Å². The van der Waals surface area contributed by atoms with E-state index in [1.165, 1.54) is 0 Å². The maximum atomic E-state index is 9.34. The van der Waals surface area contributed by atoms with Crippen molar-refractivity contribution in [2.45, 2.75) is 20.0 Å². The summed E-state index contributed by atoms with van der Waals surface area (Å²) in [6, 6.07) is 11.2. The fourth-order valence-electron chi connectivity index (χ4n) is 2.59. The molecule has 2 heterocycles. The summed E-state index contributed by atoms with van der Waals surface area (Å²) in [5, 5.41) is 22.4. The number of anilines is 2. The normalized spacial score (nSPS) is 12.0. The minimum absolute atomic E-state index is 0.0451. The predicted octanol–water partition coefficient (Wildman–Crippen LogP) is 2.81. The molecule has 1 aromatic carbocycles. The zero-order valence-corrected chi connectivity index (χ0v) is 15.3. The van der Waals surface area contributed by atoms with E-state index in [2.05, 4.69) is 15.3 Å². The highest BCUT2D eigenvalue weighted by molar-refractivity contribution is 5.91. The molecule has 1 atom stereocenters. The summed E-state index contributed by atoms with van der Waals surface area (Å²) in [6.45, 7) is 4.13. The zero-order valence-electron chi connectivity index (χ0n) is 15.3. The maximum absolute atomic E-state index is 9.34. The molecule has 0 aliphatic carbocycles. The summed E-state index contributed by atoms with van der Waals surface area (Å²) in [7, 11) is 0. The number of aryl methyl sites for hydroxylation is 1. The van der Waals surface area contributed by atoms with E-state index >= 15 is 0 Å². The Balaban J connectivity index is 1.80. The van der Waals surface area contributed by atoms with Crippen molar-refractivity contribution in [1.29, 1.82) is 0 Å². The highest BCUT2D eigenvalue weighted by Gasteiger charge is 2.09. The number of pyridine rings is 2. The number of ether oxygens (including phenoxy) is 2. The maximum Gasteiger partial charge on any atom is 0.161 e. The number of hydrogen-bond acceptors (Lipinski definition) is 7. The molecule has 0 bridgehead atoms. The SMILES string of the molecule is CCOc1cc2c(Nc3ccc(OCC(O)CO)cc3)ccnc2nc1C. The molecule has 3 aromatic rings. The molecule has 0 aliphatic heterocycles. The third-order valence-corrected chi connectivity index (χ3v) is 3.96. The van der Waals surface area contributed by atoms with Crippen molar-refractivity contribution in [3.8, 4) is 11.5 Å². The number of nitrogens with zero attached hydrogens (tertiary/aromatic N) is 2. The van der Waals surface area contributed by atoms with Crippen LogP contribution in [-0.4, -0.2) is 46.1 Å². The van der Waals surface area contributed by atoms with Gasteiger partial charge in [0.25, 0.3) is 0 Å². The van der Waals surface area contributed by atoms with E-state index in [1.54, 1.807) is 18.3 Å². The predicted molar refractivity (Wildman–Crippen MR) is 104 cm³/mol. The molecule has 3 rings (SSSR count). The summed E-state index contributed by atoms with van der Waals surface area (Å²) in [5.74, 6) is 1.36. The van der Waals surface area contributed by atoms with E-state index in [1.807, 2.05) is 38.1 Å². The molecule has 0 aliphatic rings.